The van der Waals surface area contributed by atoms with E-state index in [-0.39, 0.29) is 24.0 Å². The maximum absolute atomic E-state index is 12.7. The average molecular weight is 731 g/mol. The van der Waals surface area contributed by atoms with Crippen LogP contribution in [0, 0.1) is 5.82 Å². The molecule has 2 aromatic rings. The molecule has 1 aromatic carbocycles. The van der Waals surface area contributed by atoms with Crippen molar-refractivity contribution in [3.63, 3.8) is 0 Å². The zero-order valence-corrected chi connectivity index (χ0v) is 23.2. The number of halogens is 13. The van der Waals surface area contributed by atoms with E-state index in [1.807, 2.05) is 0 Å². The molecule has 1 aromatic heterocycles. The lowest BCUT2D eigenvalue weighted by atomic mass is 9.99. The first kappa shape index (κ1) is 41.3. The van der Waals surface area contributed by atoms with Gasteiger partial charge in [-0.1, -0.05) is 0 Å². The summed E-state index contributed by atoms with van der Waals surface area (Å²) in [4.78, 5) is 26.3. The van der Waals surface area contributed by atoms with Gasteiger partial charge in [-0.25, -0.2) is 14.0 Å². The second-order valence-corrected chi connectivity index (χ2v) is 10.3. The van der Waals surface area contributed by atoms with E-state index in [0.717, 1.165) is 0 Å². The van der Waals surface area contributed by atoms with Gasteiger partial charge in [0.15, 0.2) is 0 Å². The van der Waals surface area contributed by atoms with Crippen molar-refractivity contribution < 1.29 is 99.3 Å². The summed E-state index contributed by atoms with van der Waals surface area (Å²) >= 11 is 0. The number of aliphatic hydroxyl groups is 2. The summed E-state index contributed by atoms with van der Waals surface area (Å²) in [6, 6.07) is 3.47. The predicted octanol–water partition coefficient (Wildman–Crippen LogP) is 4.96. The van der Waals surface area contributed by atoms with Gasteiger partial charge < -0.3 is 19.7 Å². The molecule has 47 heavy (non-hydrogen) atoms. The van der Waals surface area contributed by atoms with Gasteiger partial charge in [-0.05, 0) is 30.3 Å². The van der Waals surface area contributed by atoms with Gasteiger partial charge >= 0.3 is 36.6 Å². The first-order chi connectivity index (χ1) is 21.0. The lowest BCUT2D eigenvalue weighted by molar-refractivity contribution is -0.371. The molecule has 10 nitrogen and oxygen atoms in total. The monoisotopic (exact) mass is 731 g/mol. The third-order valence-electron chi connectivity index (χ3n) is 5.57. The zero-order valence-electron chi connectivity index (χ0n) is 22.4. The molecule has 0 amide bonds. The fourth-order valence-electron chi connectivity index (χ4n) is 2.96. The van der Waals surface area contributed by atoms with Gasteiger partial charge in [-0.3, -0.25) is 9.54 Å². The van der Waals surface area contributed by atoms with Crippen LogP contribution >= 0.6 is 0 Å². The summed E-state index contributed by atoms with van der Waals surface area (Å²) in [6.07, 6.45) is -27.1. The van der Waals surface area contributed by atoms with Crippen LogP contribution in [0.15, 0.2) is 47.6 Å². The highest BCUT2D eigenvalue weighted by molar-refractivity contribution is 7.85. The smallest absolute Gasteiger partial charge is 0.426 e. The van der Waals surface area contributed by atoms with E-state index in [0.29, 0.717) is 0 Å². The van der Waals surface area contributed by atoms with Gasteiger partial charge in [0.25, 0.3) is 21.3 Å². The van der Waals surface area contributed by atoms with E-state index in [4.69, 9.17) is 14.8 Å². The van der Waals surface area contributed by atoms with Crippen LogP contribution in [0.5, 0.6) is 0 Å². The van der Waals surface area contributed by atoms with E-state index in [2.05, 4.69) is 14.5 Å². The molecule has 0 aliphatic rings. The van der Waals surface area contributed by atoms with Crippen LogP contribution in [-0.2, 0) is 19.6 Å². The summed E-state index contributed by atoms with van der Waals surface area (Å²) in [5.74, 6) is -4.22. The lowest BCUT2D eigenvalue weighted by Crippen LogP contribution is -2.57. The summed E-state index contributed by atoms with van der Waals surface area (Å²) in [5.41, 5.74) is -13.1. The molecule has 0 unspecified atom stereocenters. The molecular formula is C23H18F13NO9S. The maximum Gasteiger partial charge on any atom is 0.426 e. The summed E-state index contributed by atoms with van der Waals surface area (Å²) in [5, 5.41) is 18.0. The number of carbonyl (C=O) groups is 2. The number of benzene rings is 1. The number of nitrogens with zero attached hydrogens (tertiary/aromatic N) is 1. The number of carbonyl (C=O) groups excluding carboxylic acids is 2. The standard InChI is InChI=1S/C18H14F12O9S.C5H4FN/c19-15(20,21)13(33,16(22,23)24)1-3-38-11(31)8-5-9(7-10(6-8)40(35,36)37)12(32)39-4-2-14(34,17(25,26)27)18(28,29)30;6-5-2-1-3-7-4-5/h5-7,33-34H,1-4H2,(H,35,36,37);1-4H. The molecule has 0 aliphatic carbocycles. The van der Waals surface area contributed by atoms with Gasteiger partial charge in [0.2, 0.25) is 0 Å². The number of esters is 2. The lowest BCUT2D eigenvalue weighted by Gasteiger charge is -2.32. The molecule has 0 atom stereocenters. The van der Waals surface area contributed by atoms with Crippen LogP contribution in [0.4, 0.5) is 57.1 Å². The van der Waals surface area contributed by atoms with Crippen LogP contribution in [0.2, 0.25) is 0 Å². The number of alkyl halides is 12. The van der Waals surface area contributed by atoms with Crippen molar-refractivity contribution in [3.05, 3.63) is 59.7 Å². The molecule has 0 spiro atoms. The molecule has 0 radical (unpaired) electrons. The zero-order chi connectivity index (χ0) is 36.9. The molecular weight excluding hydrogens is 713 g/mol. The number of pyridine rings is 1. The average Bonchev–Trinajstić information content (AvgIpc) is 2.90. The van der Waals surface area contributed by atoms with Gasteiger partial charge in [-0.2, -0.15) is 61.1 Å². The van der Waals surface area contributed by atoms with Gasteiger partial charge in [0.05, 0.1) is 35.4 Å². The highest BCUT2D eigenvalue weighted by Gasteiger charge is 2.71. The number of hydrogen-bond acceptors (Lipinski definition) is 9. The molecule has 266 valence electrons. The van der Waals surface area contributed by atoms with E-state index >= 15 is 0 Å². The Balaban J connectivity index is 0.00000138. The summed E-state index contributed by atoms with van der Waals surface area (Å²) in [6.45, 7) is -3.64. The predicted molar refractivity (Wildman–Crippen MR) is 124 cm³/mol. The molecule has 0 fully saturated rings. The second-order valence-electron chi connectivity index (χ2n) is 8.88. The molecule has 0 saturated carbocycles. The minimum Gasteiger partial charge on any atom is -0.462 e. The Hall–Kier alpha value is -3.77. The Morgan fingerprint density at radius 1 is 0.702 bits per heavy atom. The largest absolute Gasteiger partial charge is 0.462 e. The van der Waals surface area contributed by atoms with E-state index in [9.17, 15) is 75.1 Å². The fraction of sp³-hybridized carbons (Fsp3) is 0.435. The molecule has 0 saturated heterocycles. The molecule has 0 bridgehead atoms. The molecule has 0 aliphatic heterocycles. The normalized spacial score (nSPS) is 13.4. The number of rotatable bonds is 9. The van der Waals surface area contributed by atoms with Gasteiger partial charge in [-0.15, -0.1) is 0 Å². The Morgan fingerprint density at radius 3 is 1.30 bits per heavy atom. The van der Waals surface area contributed by atoms with Crippen LogP contribution in [-0.4, -0.2) is 89.2 Å². The third-order valence-corrected chi connectivity index (χ3v) is 6.40. The van der Waals surface area contributed by atoms with Crippen LogP contribution in [0.1, 0.15) is 33.6 Å². The molecule has 1 heterocycles. The van der Waals surface area contributed by atoms with Crippen LogP contribution < -0.4 is 0 Å². The number of aromatic nitrogens is 1. The minimum atomic E-state index is -6.30. The highest BCUT2D eigenvalue weighted by atomic mass is 32.2. The van der Waals surface area contributed by atoms with Crippen molar-refractivity contribution in [1.82, 2.24) is 4.98 Å². The first-order valence-electron chi connectivity index (χ1n) is 11.7. The highest BCUT2D eigenvalue weighted by Crippen LogP contribution is 2.46. The van der Waals surface area contributed by atoms with Crippen molar-refractivity contribution in [2.24, 2.45) is 0 Å². The maximum atomic E-state index is 12.7. The SMILES string of the molecule is Fc1cccnc1.O=C(OCCC(O)(C(F)(F)F)C(F)(F)F)c1cc(C(=O)OCCC(O)(C(F)(F)F)C(F)(F)F)cc(S(=O)(=O)O)c1. The topological polar surface area (TPSA) is 160 Å². The van der Waals surface area contributed by atoms with Crippen molar-refractivity contribution in [3.8, 4) is 0 Å². The van der Waals surface area contributed by atoms with Gasteiger partial charge in [0.1, 0.15) is 5.82 Å². The quantitative estimate of drug-likeness (QED) is 0.183. The fourth-order valence-corrected chi connectivity index (χ4v) is 3.52. The number of ether oxygens (including phenoxy) is 2. The van der Waals surface area contributed by atoms with E-state index in [1.54, 1.807) is 6.07 Å². The Bertz CT molecular complexity index is 1390. The second kappa shape index (κ2) is 14.6. The Kier molecular flexibility index (Phi) is 12.8. The Labute approximate surface area is 253 Å². The summed E-state index contributed by atoms with van der Waals surface area (Å²) in [7, 11) is -5.37. The first-order valence-corrected chi connectivity index (χ1v) is 13.2. The van der Waals surface area contributed by atoms with Gasteiger partial charge in [0, 0.05) is 19.0 Å². The van der Waals surface area contributed by atoms with Crippen molar-refractivity contribution in [2.45, 2.75) is 53.6 Å². The number of hydrogen-bond donors (Lipinski definition) is 3. The van der Waals surface area contributed by atoms with Crippen molar-refractivity contribution >= 4 is 22.1 Å². The Morgan fingerprint density at radius 2 is 1.06 bits per heavy atom. The van der Waals surface area contributed by atoms with Crippen LogP contribution in [0.3, 0.4) is 0 Å². The molecule has 2 rings (SSSR count). The molecule has 3 N–H and O–H groups in total. The van der Waals surface area contributed by atoms with Crippen LogP contribution in [0.25, 0.3) is 0 Å². The van der Waals surface area contributed by atoms with E-state index < -0.39 is 100 Å². The third kappa shape index (κ3) is 10.6. The summed E-state index contributed by atoms with van der Waals surface area (Å²) < 4.78 is 204. The van der Waals surface area contributed by atoms with Crippen molar-refractivity contribution in [1.29, 1.82) is 0 Å². The minimum absolute atomic E-state index is 0.167. The van der Waals surface area contributed by atoms with E-state index in [1.165, 1.54) is 18.5 Å². The molecule has 24 heteroatoms. The van der Waals surface area contributed by atoms with Crippen molar-refractivity contribution in [2.75, 3.05) is 13.2 Å².